The van der Waals surface area contributed by atoms with E-state index in [1.165, 1.54) is 17.0 Å². The molecule has 0 saturated carbocycles. The van der Waals surface area contributed by atoms with E-state index in [1.807, 2.05) is 30.3 Å². The first kappa shape index (κ1) is 17.2. The third-order valence-corrected chi connectivity index (χ3v) is 4.52. The highest BCUT2D eigenvalue weighted by Gasteiger charge is 2.25. The number of aromatic nitrogens is 2. The molecule has 0 N–H and O–H groups in total. The number of nitrogens with zero attached hydrogens (tertiary/aromatic N) is 3. The minimum Gasteiger partial charge on any atom is -0.463 e. The molecule has 27 heavy (non-hydrogen) atoms. The number of ether oxygens (including phenoxy) is 1. The van der Waals surface area contributed by atoms with E-state index in [0.717, 1.165) is 5.56 Å². The highest BCUT2D eigenvalue weighted by Crippen LogP contribution is 2.22. The van der Waals surface area contributed by atoms with Gasteiger partial charge < -0.3 is 14.1 Å². The lowest BCUT2D eigenvalue weighted by molar-refractivity contribution is -0.139. The highest BCUT2D eigenvalue weighted by molar-refractivity contribution is 5.76. The van der Waals surface area contributed by atoms with Gasteiger partial charge in [0.25, 0.3) is 5.56 Å². The van der Waals surface area contributed by atoms with Gasteiger partial charge in [-0.1, -0.05) is 30.3 Å². The van der Waals surface area contributed by atoms with E-state index in [0.29, 0.717) is 31.2 Å². The topological polar surface area (TPSA) is 77.6 Å². The molecule has 0 aliphatic carbocycles. The minimum atomic E-state index is -0.327. The molecule has 2 aromatic heterocycles. The van der Waals surface area contributed by atoms with Crippen LogP contribution < -0.4 is 5.56 Å². The Labute approximate surface area is 155 Å². The monoisotopic (exact) mass is 365 g/mol. The van der Waals surface area contributed by atoms with E-state index in [9.17, 15) is 9.59 Å². The Morgan fingerprint density at radius 3 is 2.74 bits per heavy atom. The lowest BCUT2D eigenvalue weighted by atomic mass is 10.1. The summed E-state index contributed by atoms with van der Waals surface area (Å²) in [5.74, 6) is 0.386. The molecule has 3 aromatic rings. The second-order valence-electron chi connectivity index (χ2n) is 6.30. The number of carbonyl (C=O) groups is 1. The van der Waals surface area contributed by atoms with Gasteiger partial charge in [-0.3, -0.25) is 9.59 Å². The van der Waals surface area contributed by atoms with Crippen molar-refractivity contribution in [3.63, 3.8) is 0 Å². The summed E-state index contributed by atoms with van der Waals surface area (Å²) < 4.78 is 12.3. The molecule has 1 aliphatic heterocycles. The summed E-state index contributed by atoms with van der Waals surface area (Å²) in [6.07, 6.45) is 1.37. The molecule has 0 unspecified atom stereocenters. The van der Waals surface area contributed by atoms with Crippen LogP contribution in [0.5, 0.6) is 0 Å². The van der Waals surface area contributed by atoms with Crippen molar-refractivity contribution in [3.8, 4) is 11.5 Å². The molecule has 0 radical (unpaired) electrons. The van der Waals surface area contributed by atoms with Crippen LogP contribution in [-0.4, -0.2) is 40.3 Å². The lowest BCUT2D eigenvalue weighted by Crippen LogP contribution is -2.44. The SMILES string of the molecule is O=C(Cn1nc(-c2ccco2)ccc1=O)N1CCO[C@@H](c2ccccc2)C1. The van der Waals surface area contributed by atoms with Crippen molar-refractivity contribution in [2.24, 2.45) is 0 Å². The molecular formula is C20H19N3O4. The Morgan fingerprint density at radius 1 is 1.11 bits per heavy atom. The van der Waals surface area contributed by atoms with Crippen molar-refractivity contribution in [3.05, 3.63) is 76.8 Å². The Balaban J connectivity index is 1.49. The predicted molar refractivity (Wildman–Crippen MR) is 97.9 cm³/mol. The molecule has 4 rings (SSSR count). The van der Waals surface area contributed by atoms with Gasteiger partial charge in [-0.05, 0) is 23.8 Å². The van der Waals surface area contributed by atoms with Crippen LogP contribution >= 0.6 is 0 Å². The number of morpholine rings is 1. The molecule has 1 fully saturated rings. The highest BCUT2D eigenvalue weighted by atomic mass is 16.5. The second-order valence-corrected chi connectivity index (χ2v) is 6.30. The summed E-state index contributed by atoms with van der Waals surface area (Å²) in [6.45, 7) is 1.29. The van der Waals surface area contributed by atoms with Crippen LogP contribution in [0.3, 0.4) is 0 Å². The third-order valence-electron chi connectivity index (χ3n) is 4.52. The fourth-order valence-electron chi connectivity index (χ4n) is 3.09. The van der Waals surface area contributed by atoms with Gasteiger partial charge in [-0.2, -0.15) is 5.10 Å². The molecule has 1 aromatic carbocycles. The summed E-state index contributed by atoms with van der Waals surface area (Å²) >= 11 is 0. The van der Waals surface area contributed by atoms with Crippen molar-refractivity contribution < 1.29 is 13.9 Å². The average molecular weight is 365 g/mol. The Morgan fingerprint density at radius 2 is 1.96 bits per heavy atom. The van der Waals surface area contributed by atoms with Crippen LogP contribution in [0.25, 0.3) is 11.5 Å². The minimum absolute atomic E-state index is 0.116. The van der Waals surface area contributed by atoms with Crippen LogP contribution in [-0.2, 0) is 16.1 Å². The quantitative estimate of drug-likeness (QED) is 0.708. The zero-order chi connectivity index (χ0) is 18.6. The smallest absolute Gasteiger partial charge is 0.267 e. The third kappa shape index (κ3) is 3.83. The van der Waals surface area contributed by atoms with Gasteiger partial charge in [0.05, 0.1) is 19.4 Å². The fourth-order valence-corrected chi connectivity index (χ4v) is 3.09. The first-order valence-corrected chi connectivity index (χ1v) is 8.77. The molecule has 0 bridgehead atoms. The summed E-state index contributed by atoms with van der Waals surface area (Å²) in [6, 6.07) is 16.3. The van der Waals surface area contributed by atoms with Crippen molar-refractivity contribution in [2.75, 3.05) is 19.7 Å². The standard InChI is InChI=1S/C20H19N3O4/c24-19-9-8-16(17-7-4-11-26-17)21-23(19)14-20(25)22-10-12-27-18(13-22)15-5-2-1-3-6-15/h1-9,11,18H,10,12-14H2/t18-/m1/s1. The van der Waals surface area contributed by atoms with Gasteiger partial charge in [0.2, 0.25) is 5.91 Å². The van der Waals surface area contributed by atoms with Crippen molar-refractivity contribution >= 4 is 5.91 Å². The van der Waals surface area contributed by atoms with E-state index in [2.05, 4.69) is 5.10 Å². The van der Waals surface area contributed by atoms with E-state index in [1.54, 1.807) is 23.1 Å². The van der Waals surface area contributed by atoms with E-state index in [4.69, 9.17) is 9.15 Å². The number of hydrogen-bond acceptors (Lipinski definition) is 5. The van der Waals surface area contributed by atoms with E-state index >= 15 is 0 Å². The zero-order valence-electron chi connectivity index (χ0n) is 14.7. The van der Waals surface area contributed by atoms with Crippen LogP contribution in [0.2, 0.25) is 0 Å². The Kier molecular flexibility index (Phi) is 4.84. The normalized spacial score (nSPS) is 17.0. The van der Waals surface area contributed by atoms with Crippen molar-refractivity contribution in [1.29, 1.82) is 0 Å². The molecule has 7 nitrogen and oxygen atoms in total. The van der Waals surface area contributed by atoms with Crippen LogP contribution in [0.15, 0.2) is 70.1 Å². The van der Waals surface area contributed by atoms with Crippen LogP contribution in [0.4, 0.5) is 0 Å². The number of carbonyl (C=O) groups excluding carboxylic acids is 1. The molecule has 138 valence electrons. The van der Waals surface area contributed by atoms with Crippen molar-refractivity contribution in [2.45, 2.75) is 12.6 Å². The van der Waals surface area contributed by atoms with Gasteiger partial charge in [-0.15, -0.1) is 0 Å². The summed E-state index contributed by atoms with van der Waals surface area (Å²) in [4.78, 5) is 26.6. The molecule has 7 heteroatoms. The van der Waals surface area contributed by atoms with Crippen LogP contribution in [0, 0.1) is 0 Å². The first-order valence-electron chi connectivity index (χ1n) is 8.77. The average Bonchev–Trinajstić information content (AvgIpc) is 3.25. The van der Waals surface area contributed by atoms with Crippen molar-refractivity contribution in [1.82, 2.24) is 14.7 Å². The van der Waals surface area contributed by atoms with Gasteiger partial charge >= 0.3 is 0 Å². The molecule has 1 atom stereocenters. The number of rotatable bonds is 4. The van der Waals surface area contributed by atoms with E-state index < -0.39 is 0 Å². The summed E-state index contributed by atoms with van der Waals surface area (Å²) in [7, 11) is 0. The molecule has 1 saturated heterocycles. The number of furan rings is 1. The maximum atomic E-state index is 12.7. The number of hydrogen-bond donors (Lipinski definition) is 0. The Hall–Kier alpha value is -3.19. The fraction of sp³-hybridized carbons (Fsp3) is 0.250. The Bertz CT molecular complexity index is 966. The second kappa shape index (κ2) is 7.59. The van der Waals surface area contributed by atoms with Gasteiger partial charge in [0, 0.05) is 12.6 Å². The maximum absolute atomic E-state index is 12.7. The first-order chi connectivity index (χ1) is 13.2. The predicted octanol–water partition coefficient (Wildman–Crippen LogP) is 2.10. The molecule has 3 heterocycles. The van der Waals surface area contributed by atoms with E-state index in [-0.39, 0.29) is 24.1 Å². The molecular weight excluding hydrogens is 346 g/mol. The molecule has 1 aliphatic rings. The lowest BCUT2D eigenvalue weighted by Gasteiger charge is -2.33. The largest absolute Gasteiger partial charge is 0.463 e. The summed E-state index contributed by atoms with van der Waals surface area (Å²) in [5.41, 5.74) is 1.22. The number of amides is 1. The van der Waals surface area contributed by atoms with Gasteiger partial charge in [0.15, 0.2) is 5.76 Å². The summed E-state index contributed by atoms with van der Waals surface area (Å²) in [5, 5.41) is 4.26. The maximum Gasteiger partial charge on any atom is 0.267 e. The van der Waals surface area contributed by atoms with Gasteiger partial charge in [0.1, 0.15) is 18.3 Å². The van der Waals surface area contributed by atoms with Crippen LogP contribution in [0.1, 0.15) is 11.7 Å². The van der Waals surface area contributed by atoms with Gasteiger partial charge in [-0.25, -0.2) is 4.68 Å². The zero-order valence-corrected chi connectivity index (χ0v) is 14.7. The molecule has 1 amide bonds. The molecule has 0 spiro atoms. The number of benzene rings is 1.